The largest absolute Gasteiger partial charge is 0.492 e. The fourth-order valence-corrected chi connectivity index (χ4v) is 1.82. The number of aromatic carboxylic acids is 1. The van der Waals surface area contributed by atoms with Crippen LogP contribution in [0.25, 0.3) is 0 Å². The Bertz CT molecular complexity index is 432. The van der Waals surface area contributed by atoms with Gasteiger partial charge < -0.3 is 15.5 Å². The molecule has 1 aliphatic carbocycles. The van der Waals surface area contributed by atoms with Crippen molar-refractivity contribution in [1.82, 2.24) is 4.98 Å². The van der Waals surface area contributed by atoms with Crippen LogP contribution in [0.1, 0.15) is 29.6 Å². The molecule has 2 rings (SSSR count). The Hall–Kier alpha value is -1.30. The zero-order valence-electron chi connectivity index (χ0n) is 8.40. The summed E-state index contributed by atoms with van der Waals surface area (Å²) in [7, 11) is 0. The van der Waals surface area contributed by atoms with Crippen LogP contribution in [0.15, 0.2) is 10.5 Å². The Balaban J connectivity index is 2.32. The summed E-state index contributed by atoms with van der Waals surface area (Å²) in [6.07, 6.45) is 3.16. The number of hydrogen-bond acceptors (Lipinski definition) is 4. The van der Waals surface area contributed by atoms with Gasteiger partial charge in [0.25, 0.3) is 0 Å². The van der Waals surface area contributed by atoms with Crippen LogP contribution in [0.4, 0.5) is 5.82 Å². The van der Waals surface area contributed by atoms with Crippen molar-refractivity contribution in [2.24, 2.45) is 0 Å². The minimum atomic E-state index is -1.06. The maximum Gasteiger partial charge on any atom is 0.339 e. The molecule has 3 N–H and O–H groups in total. The smallest absolute Gasteiger partial charge is 0.339 e. The summed E-state index contributed by atoms with van der Waals surface area (Å²) in [5, 5.41) is 21.4. The summed E-state index contributed by atoms with van der Waals surface area (Å²) in [6.45, 7) is 0. The van der Waals surface area contributed by atoms with E-state index in [2.05, 4.69) is 26.2 Å². The summed E-state index contributed by atoms with van der Waals surface area (Å²) in [5.41, 5.74) is 0.0663. The summed E-state index contributed by atoms with van der Waals surface area (Å²) in [6, 6.07) is 1.62. The number of hydrogen-bond donors (Lipinski definition) is 3. The first kappa shape index (κ1) is 11.2. The van der Waals surface area contributed by atoms with E-state index in [4.69, 9.17) is 5.11 Å². The van der Waals surface area contributed by atoms with Gasteiger partial charge in [-0.25, -0.2) is 4.79 Å². The molecule has 0 unspecified atom stereocenters. The maximum absolute atomic E-state index is 11.0. The first-order valence-electron chi connectivity index (χ1n) is 4.97. The summed E-state index contributed by atoms with van der Waals surface area (Å²) in [5.74, 6) is -1.03. The molecule has 0 spiro atoms. The zero-order valence-corrected chi connectivity index (χ0v) is 9.99. The zero-order chi connectivity index (χ0) is 11.7. The van der Waals surface area contributed by atoms with Crippen LogP contribution in [0, 0.1) is 0 Å². The number of rotatable bonds is 3. The molecule has 1 heterocycles. The SMILES string of the molecule is O=C(O)c1cc(Br)c(O)nc1NC1CCC1. The Morgan fingerprint density at radius 2 is 2.25 bits per heavy atom. The molecular formula is C10H11BrN2O3. The minimum absolute atomic E-state index is 0.0663. The van der Waals surface area contributed by atoms with Gasteiger partial charge in [-0.15, -0.1) is 0 Å². The number of carboxylic acids is 1. The minimum Gasteiger partial charge on any atom is -0.492 e. The topological polar surface area (TPSA) is 82.5 Å². The van der Waals surface area contributed by atoms with E-state index in [-0.39, 0.29) is 27.8 Å². The third kappa shape index (κ3) is 2.11. The Morgan fingerprint density at radius 1 is 1.56 bits per heavy atom. The molecule has 5 nitrogen and oxygen atoms in total. The third-order valence-electron chi connectivity index (χ3n) is 2.63. The lowest BCUT2D eigenvalue weighted by Crippen LogP contribution is -2.28. The van der Waals surface area contributed by atoms with E-state index in [1.807, 2.05) is 0 Å². The molecule has 0 amide bonds. The van der Waals surface area contributed by atoms with Crippen molar-refractivity contribution in [3.8, 4) is 5.88 Å². The van der Waals surface area contributed by atoms with Gasteiger partial charge in [-0.1, -0.05) is 0 Å². The molecule has 86 valence electrons. The number of carboxylic acid groups (broad SMARTS) is 1. The number of carbonyl (C=O) groups is 1. The second-order valence-electron chi connectivity index (χ2n) is 3.77. The lowest BCUT2D eigenvalue weighted by atomic mass is 9.93. The molecule has 1 aliphatic rings. The second kappa shape index (κ2) is 4.29. The van der Waals surface area contributed by atoms with E-state index >= 15 is 0 Å². The van der Waals surface area contributed by atoms with Crippen LogP contribution < -0.4 is 5.32 Å². The molecule has 0 bridgehead atoms. The number of aromatic nitrogens is 1. The molecule has 1 saturated carbocycles. The van der Waals surface area contributed by atoms with Gasteiger partial charge in [-0.2, -0.15) is 4.98 Å². The van der Waals surface area contributed by atoms with Crippen LogP contribution >= 0.6 is 15.9 Å². The molecule has 0 aliphatic heterocycles. The number of nitrogens with one attached hydrogen (secondary N) is 1. The van der Waals surface area contributed by atoms with Crippen molar-refractivity contribution in [2.45, 2.75) is 25.3 Å². The number of pyridine rings is 1. The lowest BCUT2D eigenvalue weighted by Gasteiger charge is -2.27. The molecule has 6 heteroatoms. The van der Waals surface area contributed by atoms with Gasteiger partial charge in [0.1, 0.15) is 11.4 Å². The van der Waals surface area contributed by atoms with Gasteiger partial charge >= 0.3 is 5.97 Å². The summed E-state index contributed by atoms with van der Waals surface area (Å²) < 4.78 is 0.282. The van der Waals surface area contributed by atoms with Crippen molar-refractivity contribution in [2.75, 3.05) is 5.32 Å². The van der Waals surface area contributed by atoms with Crippen LogP contribution in [-0.4, -0.2) is 27.2 Å². The van der Waals surface area contributed by atoms with Crippen LogP contribution in [-0.2, 0) is 0 Å². The van der Waals surface area contributed by atoms with Crippen molar-refractivity contribution in [3.63, 3.8) is 0 Å². The van der Waals surface area contributed by atoms with E-state index in [9.17, 15) is 9.90 Å². The molecule has 0 saturated heterocycles. The molecule has 0 aromatic carbocycles. The second-order valence-corrected chi connectivity index (χ2v) is 4.62. The van der Waals surface area contributed by atoms with Gasteiger partial charge in [0.05, 0.1) is 4.47 Å². The van der Waals surface area contributed by atoms with Gasteiger partial charge in [0.2, 0.25) is 5.88 Å². The lowest BCUT2D eigenvalue weighted by molar-refractivity contribution is 0.0697. The number of aromatic hydroxyl groups is 1. The van der Waals surface area contributed by atoms with E-state index in [0.29, 0.717) is 0 Å². The highest BCUT2D eigenvalue weighted by molar-refractivity contribution is 9.10. The molecule has 1 aromatic rings. The first-order valence-corrected chi connectivity index (χ1v) is 5.76. The molecule has 0 atom stereocenters. The van der Waals surface area contributed by atoms with E-state index in [1.165, 1.54) is 6.07 Å². The summed E-state index contributed by atoms with van der Waals surface area (Å²) >= 11 is 3.04. The van der Waals surface area contributed by atoms with Crippen molar-refractivity contribution >= 4 is 27.7 Å². The molecule has 16 heavy (non-hydrogen) atoms. The highest BCUT2D eigenvalue weighted by atomic mass is 79.9. The maximum atomic E-state index is 11.0. The Labute approximate surface area is 101 Å². The molecular weight excluding hydrogens is 276 g/mol. The standard InChI is InChI=1S/C10H11BrN2O3/c11-7-4-6(10(15)16)8(13-9(7)14)12-5-2-1-3-5/h4-5H,1-3H2,(H,15,16)(H2,12,13,14). The van der Waals surface area contributed by atoms with Crippen molar-refractivity contribution in [1.29, 1.82) is 0 Å². The quantitative estimate of drug-likeness (QED) is 0.794. The van der Waals surface area contributed by atoms with Gasteiger partial charge in [0.15, 0.2) is 0 Å². The first-order chi connectivity index (χ1) is 7.58. The highest BCUT2D eigenvalue weighted by Gasteiger charge is 2.22. The van der Waals surface area contributed by atoms with Gasteiger partial charge in [-0.3, -0.25) is 0 Å². The third-order valence-corrected chi connectivity index (χ3v) is 3.22. The van der Waals surface area contributed by atoms with E-state index in [0.717, 1.165) is 19.3 Å². The van der Waals surface area contributed by atoms with Gasteiger partial charge in [-0.05, 0) is 41.3 Å². The number of nitrogens with zero attached hydrogens (tertiary/aromatic N) is 1. The van der Waals surface area contributed by atoms with Crippen LogP contribution in [0.5, 0.6) is 5.88 Å². The monoisotopic (exact) mass is 286 g/mol. The average Bonchev–Trinajstić information content (AvgIpc) is 2.16. The molecule has 0 radical (unpaired) electrons. The van der Waals surface area contributed by atoms with E-state index in [1.54, 1.807) is 0 Å². The fourth-order valence-electron chi connectivity index (χ4n) is 1.50. The van der Waals surface area contributed by atoms with Crippen LogP contribution in [0.2, 0.25) is 0 Å². The predicted octanol–water partition coefficient (Wildman–Crippen LogP) is 2.21. The Kier molecular flexibility index (Phi) is 3.00. The normalized spacial score (nSPS) is 15.6. The molecule has 1 aromatic heterocycles. The predicted molar refractivity (Wildman–Crippen MR) is 61.8 cm³/mol. The average molecular weight is 287 g/mol. The van der Waals surface area contributed by atoms with E-state index < -0.39 is 5.97 Å². The van der Waals surface area contributed by atoms with Gasteiger partial charge in [0, 0.05) is 6.04 Å². The van der Waals surface area contributed by atoms with Crippen molar-refractivity contribution < 1.29 is 15.0 Å². The number of anilines is 1. The van der Waals surface area contributed by atoms with Crippen molar-refractivity contribution in [3.05, 3.63) is 16.1 Å². The fraction of sp³-hybridized carbons (Fsp3) is 0.400. The van der Waals surface area contributed by atoms with Crippen LogP contribution in [0.3, 0.4) is 0 Å². The molecule has 1 fully saturated rings. The summed E-state index contributed by atoms with van der Waals surface area (Å²) in [4.78, 5) is 14.8. The highest BCUT2D eigenvalue weighted by Crippen LogP contribution is 2.29. The Morgan fingerprint density at radius 3 is 2.75 bits per heavy atom. The number of halogens is 1.